The van der Waals surface area contributed by atoms with Crippen LogP contribution < -0.4 is 5.32 Å². The van der Waals surface area contributed by atoms with E-state index in [4.69, 9.17) is 9.47 Å². The van der Waals surface area contributed by atoms with Crippen LogP contribution in [0.15, 0.2) is 0 Å². The highest BCUT2D eigenvalue weighted by atomic mass is 16.5. The highest BCUT2D eigenvalue weighted by molar-refractivity contribution is 4.65. The van der Waals surface area contributed by atoms with Crippen molar-refractivity contribution in [2.75, 3.05) is 32.9 Å². The second kappa shape index (κ2) is 5.51. The third-order valence-electron chi connectivity index (χ3n) is 1.76. The van der Waals surface area contributed by atoms with Gasteiger partial charge in [0, 0.05) is 19.7 Å². The molecule has 1 N–H and O–H groups in total. The molecule has 0 aromatic carbocycles. The summed E-state index contributed by atoms with van der Waals surface area (Å²) in [6.07, 6.45) is 0.262. The zero-order valence-electron chi connectivity index (χ0n) is 8.01. The van der Waals surface area contributed by atoms with Crippen LogP contribution >= 0.6 is 0 Å². The van der Waals surface area contributed by atoms with Crippen molar-refractivity contribution in [1.29, 1.82) is 0 Å². The Balaban J connectivity index is 1.98. The van der Waals surface area contributed by atoms with E-state index in [1.807, 2.05) is 0 Å². The van der Waals surface area contributed by atoms with E-state index in [9.17, 15) is 0 Å². The molecule has 3 nitrogen and oxygen atoms in total. The molecule has 3 heteroatoms. The molecule has 1 rings (SSSR count). The van der Waals surface area contributed by atoms with Crippen LogP contribution in [0.4, 0.5) is 0 Å². The van der Waals surface area contributed by atoms with Gasteiger partial charge in [0.25, 0.3) is 0 Å². The van der Waals surface area contributed by atoms with Gasteiger partial charge < -0.3 is 14.8 Å². The largest absolute Gasteiger partial charge is 0.378 e. The highest BCUT2D eigenvalue weighted by Crippen LogP contribution is 1.99. The SMILES string of the molecule is CC(C)COCC1CNCCO1. The van der Waals surface area contributed by atoms with Crippen molar-refractivity contribution in [1.82, 2.24) is 5.32 Å². The predicted octanol–water partition coefficient (Wildman–Crippen LogP) is 0.647. The summed E-state index contributed by atoms with van der Waals surface area (Å²) in [5.74, 6) is 0.613. The number of ether oxygens (including phenoxy) is 2. The first-order chi connectivity index (χ1) is 5.79. The Hall–Kier alpha value is -0.120. The van der Waals surface area contributed by atoms with Crippen molar-refractivity contribution in [3.63, 3.8) is 0 Å². The fourth-order valence-electron chi connectivity index (χ4n) is 1.16. The van der Waals surface area contributed by atoms with Crippen LogP contribution in [0.1, 0.15) is 13.8 Å². The van der Waals surface area contributed by atoms with Gasteiger partial charge in [-0.15, -0.1) is 0 Å². The van der Waals surface area contributed by atoms with E-state index in [0.717, 1.165) is 32.9 Å². The maximum atomic E-state index is 5.47. The lowest BCUT2D eigenvalue weighted by Gasteiger charge is -2.23. The molecule has 0 bridgehead atoms. The Bertz CT molecular complexity index is 111. The molecule has 0 aromatic rings. The van der Waals surface area contributed by atoms with E-state index in [1.54, 1.807) is 0 Å². The molecule has 0 radical (unpaired) electrons. The number of rotatable bonds is 4. The lowest BCUT2D eigenvalue weighted by Crippen LogP contribution is -2.41. The normalized spacial score (nSPS) is 24.8. The first-order valence-electron chi connectivity index (χ1n) is 4.69. The molecular weight excluding hydrogens is 154 g/mol. The van der Waals surface area contributed by atoms with Crippen LogP contribution in [0.2, 0.25) is 0 Å². The summed E-state index contributed by atoms with van der Waals surface area (Å²) in [6.45, 7) is 8.58. The lowest BCUT2D eigenvalue weighted by atomic mass is 10.2. The molecule has 0 spiro atoms. The van der Waals surface area contributed by atoms with Gasteiger partial charge in [0.1, 0.15) is 0 Å². The minimum absolute atomic E-state index is 0.262. The molecule has 1 heterocycles. The summed E-state index contributed by atoms with van der Waals surface area (Å²) in [4.78, 5) is 0. The zero-order valence-corrected chi connectivity index (χ0v) is 8.01. The van der Waals surface area contributed by atoms with Crippen molar-refractivity contribution < 1.29 is 9.47 Å². The van der Waals surface area contributed by atoms with Crippen LogP contribution in [0, 0.1) is 5.92 Å². The maximum Gasteiger partial charge on any atom is 0.0933 e. The number of hydrogen-bond donors (Lipinski definition) is 1. The molecule has 1 fully saturated rings. The Morgan fingerprint density at radius 3 is 3.00 bits per heavy atom. The van der Waals surface area contributed by atoms with Crippen LogP contribution in [0.25, 0.3) is 0 Å². The van der Waals surface area contributed by atoms with Crippen molar-refractivity contribution in [3.8, 4) is 0 Å². The Morgan fingerprint density at radius 1 is 1.58 bits per heavy atom. The fraction of sp³-hybridized carbons (Fsp3) is 1.00. The molecule has 0 amide bonds. The first-order valence-corrected chi connectivity index (χ1v) is 4.69. The van der Waals surface area contributed by atoms with Crippen LogP contribution in [-0.4, -0.2) is 39.0 Å². The molecule has 1 aliphatic rings. The van der Waals surface area contributed by atoms with E-state index >= 15 is 0 Å². The zero-order chi connectivity index (χ0) is 8.81. The third kappa shape index (κ3) is 4.04. The van der Waals surface area contributed by atoms with E-state index in [2.05, 4.69) is 19.2 Å². The van der Waals surface area contributed by atoms with Gasteiger partial charge in [0.05, 0.1) is 19.3 Å². The molecule has 1 atom stereocenters. The number of morpholine rings is 1. The third-order valence-corrected chi connectivity index (χ3v) is 1.76. The van der Waals surface area contributed by atoms with Gasteiger partial charge in [-0.05, 0) is 5.92 Å². The van der Waals surface area contributed by atoms with E-state index in [0.29, 0.717) is 5.92 Å². The monoisotopic (exact) mass is 173 g/mol. The second-order valence-corrected chi connectivity index (χ2v) is 3.63. The minimum Gasteiger partial charge on any atom is -0.378 e. The summed E-state index contributed by atoms with van der Waals surface area (Å²) in [7, 11) is 0. The maximum absolute atomic E-state index is 5.47. The van der Waals surface area contributed by atoms with E-state index in [1.165, 1.54) is 0 Å². The quantitative estimate of drug-likeness (QED) is 0.677. The van der Waals surface area contributed by atoms with Crippen molar-refractivity contribution in [3.05, 3.63) is 0 Å². The molecule has 1 unspecified atom stereocenters. The summed E-state index contributed by atoms with van der Waals surface area (Å²) >= 11 is 0. The van der Waals surface area contributed by atoms with Gasteiger partial charge in [-0.1, -0.05) is 13.8 Å². The van der Waals surface area contributed by atoms with Gasteiger partial charge in [0.2, 0.25) is 0 Å². The van der Waals surface area contributed by atoms with Crippen LogP contribution in [0.3, 0.4) is 0 Å². The summed E-state index contributed by atoms with van der Waals surface area (Å²) in [5, 5.41) is 3.27. The molecule has 72 valence electrons. The summed E-state index contributed by atoms with van der Waals surface area (Å²) in [6, 6.07) is 0. The van der Waals surface area contributed by atoms with Crippen molar-refractivity contribution >= 4 is 0 Å². The van der Waals surface area contributed by atoms with Gasteiger partial charge in [-0.25, -0.2) is 0 Å². The molecule has 0 aliphatic carbocycles. The van der Waals surface area contributed by atoms with Gasteiger partial charge in [-0.3, -0.25) is 0 Å². The van der Waals surface area contributed by atoms with Crippen LogP contribution in [0.5, 0.6) is 0 Å². The summed E-state index contributed by atoms with van der Waals surface area (Å²) in [5.41, 5.74) is 0. The van der Waals surface area contributed by atoms with Crippen LogP contribution in [-0.2, 0) is 9.47 Å². The van der Waals surface area contributed by atoms with Gasteiger partial charge in [0.15, 0.2) is 0 Å². The second-order valence-electron chi connectivity index (χ2n) is 3.63. The first kappa shape index (κ1) is 9.96. The average molecular weight is 173 g/mol. The summed E-state index contributed by atoms with van der Waals surface area (Å²) < 4.78 is 10.9. The van der Waals surface area contributed by atoms with E-state index < -0.39 is 0 Å². The molecule has 0 saturated carbocycles. The lowest BCUT2D eigenvalue weighted by molar-refractivity contribution is -0.0361. The van der Waals surface area contributed by atoms with Gasteiger partial charge in [-0.2, -0.15) is 0 Å². The standard InChI is InChI=1S/C9H19NO2/c1-8(2)6-11-7-9-5-10-3-4-12-9/h8-10H,3-7H2,1-2H3. The Morgan fingerprint density at radius 2 is 2.42 bits per heavy atom. The van der Waals surface area contributed by atoms with Crippen molar-refractivity contribution in [2.24, 2.45) is 5.92 Å². The topological polar surface area (TPSA) is 30.5 Å². The average Bonchev–Trinajstić information content (AvgIpc) is 2.05. The van der Waals surface area contributed by atoms with Gasteiger partial charge >= 0.3 is 0 Å². The molecule has 0 aromatic heterocycles. The number of hydrogen-bond acceptors (Lipinski definition) is 3. The van der Waals surface area contributed by atoms with E-state index in [-0.39, 0.29) is 6.10 Å². The minimum atomic E-state index is 0.262. The molecule has 1 saturated heterocycles. The Labute approximate surface area is 74.4 Å². The van der Waals surface area contributed by atoms with Crippen molar-refractivity contribution in [2.45, 2.75) is 20.0 Å². The Kier molecular flexibility index (Phi) is 4.58. The smallest absolute Gasteiger partial charge is 0.0933 e. The number of nitrogens with one attached hydrogen (secondary N) is 1. The molecular formula is C9H19NO2. The predicted molar refractivity (Wildman–Crippen MR) is 48.3 cm³/mol. The fourth-order valence-corrected chi connectivity index (χ4v) is 1.16. The molecule has 1 aliphatic heterocycles. The highest BCUT2D eigenvalue weighted by Gasteiger charge is 2.12. The molecule has 12 heavy (non-hydrogen) atoms.